The third kappa shape index (κ3) is 3.85. The number of carbonyl (C=O) groups is 1. The maximum atomic E-state index is 11.9. The highest BCUT2D eigenvalue weighted by Gasteiger charge is 2.29. The van der Waals surface area contributed by atoms with Crippen LogP contribution in [0.15, 0.2) is 0 Å². The number of alkyl halides is 1. The molecule has 2 nitrogen and oxygen atoms in total. The van der Waals surface area contributed by atoms with Gasteiger partial charge in [0.1, 0.15) is 0 Å². The second kappa shape index (κ2) is 6.15. The van der Waals surface area contributed by atoms with Crippen molar-refractivity contribution in [2.24, 2.45) is 5.41 Å². The molecule has 1 rings (SSSR count). The van der Waals surface area contributed by atoms with Crippen molar-refractivity contribution in [1.29, 1.82) is 0 Å². The van der Waals surface area contributed by atoms with E-state index in [1.807, 2.05) is 25.6 Å². The SMILES string of the molecule is CSC1CCC(NC(=O)C(C)(C)CCl)CC1. The number of carbonyl (C=O) groups excluding carboxylic acids is 1. The first kappa shape index (κ1) is 14.2. The predicted molar refractivity (Wildman–Crippen MR) is 72.2 cm³/mol. The highest BCUT2D eigenvalue weighted by Crippen LogP contribution is 2.27. The maximum absolute atomic E-state index is 11.9. The zero-order valence-corrected chi connectivity index (χ0v) is 12.0. The molecule has 1 amide bonds. The van der Waals surface area contributed by atoms with Crippen molar-refractivity contribution in [2.75, 3.05) is 12.1 Å². The van der Waals surface area contributed by atoms with Gasteiger partial charge < -0.3 is 5.32 Å². The van der Waals surface area contributed by atoms with Crippen LogP contribution < -0.4 is 5.32 Å². The summed E-state index contributed by atoms with van der Waals surface area (Å²) in [7, 11) is 0. The normalized spacial score (nSPS) is 26.5. The van der Waals surface area contributed by atoms with E-state index in [1.165, 1.54) is 12.8 Å². The van der Waals surface area contributed by atoms with Crippen LogP contribution in [0.3, 0.4) is 0 Å². The lowest BCUT2D eigenvalue weighted by Gasteiger charge is -2.30. The number of thioether (sulfide) groups is 1. The van der Waals surface area contributed by atoms with Gasteiger partial charge in [0, 0.05) is 17.2 Å². The van der Waals surface area contributed by atoms with Crippen LogP contribution in [0.2, 0.25) is 0 Å². The van der Waals surface area contributed by atoms with Gasteiger partial charge in [-0.05, 0) is 45.8 Å². The largest absolute Gasteiger partial charge is 0.353 e. The Balaban J connectivity index is 2.36. The van der Waals surface area contributed by atoms with Crippen LogP contribution in [0.5, 0.6) is 0 Å². The van der Waals surface area contributed by atoms with Gasteiger partial charge in [-0.2, -0.15) is 11.8 Å². The van der Waals surface area contributed by atoms with E-state index in [-0.39, 0.29) is 5.91 Å². The molecule has 1 aliphatic carbocycles. The molecular weight excluding hydrogens is 242 g/mol. The molecule has 0 spiro atoms. The first-order valence-electron chi connectivity index (χ1n) is 5.89. The van der Waals surface area contributed by atoms with Gasteiger partial charge in [0.2, 0.25) is 5.91 Å². The van der Waals surface area contributed by atoms with Crippen LogP contribution in [0.25, 0.3) is 0 Å². The summed E-state index contributed by atoms with van der Waals surface area (Å²) in [4.78, 5) is 11.9. The minimum absolute atomic E-state index is 0.0927. The van der Waals surface area contributed by atoms with Crippen LogP contribution >= 0.6 is 23.4 Å². The Morgan fingerprint density at radius 1 is 1.38 bits per heavy atom. The van der Waals surface area contributed by atoms with Crippen LogP contribution in [0.4, 0.5) is 0 Å². The smallest absolute Gasteiger partial charge is 0.227 e. The molecule has 0 aromatic rings. The Kier molecular flexibility index (Phi) is 5.45. The second-order valence-electron chi connectivity index (χ2n) is 5.20. The van der Waals surface area contributed by atoms with Crippen molar-refractivity contribution in [3.8, 4) is 0 Å². The minimum atomic E-state index is -0.447. The molecule has 0 aromatic carbocycles. The molecule has 0 saturated heterocycles. The van der Waals surface area contributed by atoms with Crippen LogP contribution in [-0.4, -0.2) is 29.3 Å². The third-order valence-corrected chi connectivity index (χ3v) is 5.10. The van der Waals surface area contributed by atoms with E-state index in [0.717, 1.165) is 18.1 Å². The van der Waals surface area contributed by atoms with Gasteiger partial charge in [0.15, 0.2) is 0 Å². The Hall–Kier alpha value is 0.110. The summed E-state index contributed by atoms with van der Waals surface area (Å²) in [5.74, 6) is 0.467. The van der Waals surface area contributed by atoms with Crippen molar-refractivity contribution in [3.63, 3.8) is 0 Å². The molecule has 4 heteroatoms. The van der Waals surface area contributed by atoms with Crippen molar-refractivity contribution in [1.82, 2.24) is 5.32 Å². The first-order chi connectivity index (χ1) is 7.49. The summed E-state index contributed by atoms with van der Waals surface area (Å²) in [6, 6.07) is 0.360. The van der Waals surface area contributed by atoms with Crippen molar-refractivity contribution < 1.29 is 4.79 Å². The highest BCUT2D eigenvalue weighted by atomic mass is 35.5. The molecule has 0 aromatic heterocycles. The zero-order valence-electron chi connectivity index (χ0n) is 10.4. The standard InChI is InChI=1S/C12H22ClNOS/c1-12(2,8-13)11(15)14-9-4-6-10(16-3)7-5-9/h9-10H,4-8H2,1-3H3,(H,14,15). The van der Waals surface area contributed by atoms with E-state index in [1.54, 1.807) is 0 Å². The molecule has 0 unspecified atom stereocenters. The van der Waals surface area contributed by atoms with E-state index < -0.39 is 5.41 Å². The molecule has 0 aliphatic heterocycles. The summed E-state index contributed by atoms with van der Waals surface area (Å²) in [6.45, 7) is 3.78. The maximum Gasteiger partial charge on any atom is 0.227 e. The van der Waals surface area contributed by atoms with Gasteiger partial charge >= 0.3 is 0 Å². The molecule has 0 heterocycles. The molecule has 1 fully saturated rings. The monoisotopic (exact) mass is 263 g/mol. The van der Waals surface area contributed by atoms with Gasteiger partial charge in [0.25, 0.3) is 0 Å². The van der Waals surface area contributed by atoms with Crippen molar-refractivity contribution in [2.45, 2.75) is 50.8 Å². The van der Waals surface area contributed by atoms with E-state index in [4.69, 9.17) is 11.6 Å². The van der Waals surface area contributed by atoms with Crippen molar-refractivity contribution >= 4 is 29.3 Å². The Bertz CT molecular complexity index is 237. The van der Waals surface area contributed by atoms with E-state index in [0.29, 0.717) is 11.9 Å². The lowest BCUT2D eigenvalue weighted by Crippen LogP contribution is -2.45. The lowest BCUT2D eigenvalue weighted by atomic mass is 9.91. The zero-order chi connectivity index (χ0) is 12.2. The Labute approximate surface area is 108 Å². The predicted octanol–water partition coefficient (Wildman–Crippen LogP) is 3.04. The average Bonchev–Trinajstić information content (AvgIpc) is 2.30. The molecular formula is C12H22ClNOS. The number of halogens is 1. The van der Waals surface area contributed by atoms with E-state index >= 15 is 0 Å². The minimum Gasteiger partial charge on any atom is -0.353 e. The van der Waals surface area contributed by atoms with Gasteiger partial charge in [-0.15, -0.1) is 11.6 Å². The van der Waals surface area contributed by atoms with Crippen LogP contribution in [-0.2, 0) is 4.79 Å². The Morgan fingerprint density at radius 3 is 2.38 bits per heavy atom. The topological polar surface area (TPSA) is 29.1 Å². The van der Waals surface area contributed by atoms with Crippen molar-refractivity contribution in [3.05, 3.63) is 0 Å². The molecule has 94 valence electrons. The number of hydrogen-bond donors (Lipinski definition) is 1. The molecule has 1 aliphatic rings. The molecule has 0 radical (unpaired) electrons. The summed E-state index contributed by atoms with van der Waals surface area (Å²) >= 11 is 7.73. The third-order valence-electron chi connectivity index (χ3n) is 3.29. The number of amides is 1. The van der Waals surface area contributed by atoms with E-state index in [9.17, 15) is 4.79 Å². The molecule has 1 N–H and O–H groups in total. The second-order valence-corrected chi connectivity index (χ2v) is 6.61. The number of hydrogen-bond acceptors (Lipinski definition) is 2. The average molecular weight is 264 g/mol. The molecule has 0 atom stereocenters. The number of rotatable bonds is 4. The van der Waals surface area contributed by atoms with Gasteiger partial charge in [-0.1, -0.05) is 0 Å². The highest BCUT2D eigenvalue weighted by molar-refractivity contribution is 7.99. The molecule has 1 saturated carbocycles. The quantitative estimate of drug-likeness (QED) is 0.790. The molecule has 0 bridgehead atoms. The van der Waals surface area contributed by atoms with Gasteiger partial charge in [-0.25, -0.2) is 0 Å². The van der Waals surface area contributed by atoms with Gasteiger partial charge in [0.05, 0.1) is 5.41 Å². The fourth-order valence-electron chi connectivity index (χ4n) is 1.88. The Morgan fingerprint density at radius 2 is 1.94 bits per heavy atom. The summed E-state index contributed by atoms with van der Waals surface area (Å²) in [5.41, 5.74) is -0.447. The first-order valence-corrected chi connectivity index (χ1v) is 7.71. The summed E-state index contributed by atoms with van der Waals surface area (Å²) in [5, 5.41) is 3.91. The van der Waals surface area contributed by atoms with E-state index in [2.05, 4.69) is 11.6 Å². The number of nitrogens with one attached hydrogen (secondary N) is 1. The van der Waals surface area contributed by atoms with Gasteiger partial charge in [-0.3, -0.25) is 4.79 Å². The fourth-order valence-corrected chi connectivity index (χ4v) is 2.75. The van der Waals surface area contributed by atoms with Crippen LogP contribution in [0, 0.1) is 5.41 Å². The van der Waals surface area contributed by atoms with Crippen LogP contribution in [0.1, 0.15) is 39.5 Å². The fraction of sp³-hybridized carbons (Fsp3) is 0.917. The lowest BCUT2D eigenvalue weighted by molar-refractivity contribution is -0.129. The molecule has 16 heavy (non-hydrogen) atoms. The summed E-state index contributed by atoms with van der Waals surface area (Å²) in [6.07, 6.45) is 6.81. The summed E-state index contributed by atoms with van der Waals surface area (Å²) < 4.78 is 0.